The molecule has 24 heavy (non-hydrogen) atoms. The molecule has 0 unspecified atom stereocenters. The molecule has 1 aliphatic rings. The van der Waals surface area contributed by atoms with Gasteiger partial charge in [-0.15, -0.1) is 0 Å². The van der Waals surface area contributed by atoms with Crippen LogP contribution in [0, 0.1) is 0 Å². The van der Waals surface area contributed by atoms with Crippen molar-refractivity contribution in [1.29, 1.82) is 0 Å². The quantitative estimate of drug-likeness (QED) is 0.724. The summed E-state index contributed by atoms with van der Waals surface area (Å²) in [6.07, 6.45) is 8.75. The van der Waals surface area contributed by atoms with Gasteiger partial charge in [-0.2, -0.15) is 0 Å². The normalized spacial score (nSPS) is 22.6. The number of sulfonamides is 1. The van der Waals surface area contributed by atoms with Crippen LogP contribution in [0.4, 0.5) is 4.79 Å². The van der Waals surface area contributed by atoms with E-state index in [1.165, 1.54) is 0 Å². The van der Waals surface area contributed by atoms with E-state index in [0.29, 0.717) is 0 Å². The molecule has 0 saturated heterocycles. The number of aromatic nitrogens is 1. The highest BCUT2D eigenvalue weighted by atomic mass is 32.2. The van der Waals surface area contributed by atoms with Crippen molar-refractivity contribution in [2.45, 2.75) is 57.2 Å². The molecule has 0 spiro atoms. The Morgan fingerprint density at radius 1 is 1.25 bits per heavy atom. The molecule has 0 bridgehead atoms. The van der Waals surface area contributed by atoms with Crippen molar-refractivity contribution < 1.29 is 13.2 Å². The molecule has 1 saturated carbocycles. The minimum atomic E-state index is -3.29. The first-order valence-electron chi connectivity index (χ1n) is 8.33. The van der Waals surface area contributed by atoms with Crippen molar-refractivity contribution in [3.05, 3.63) is 30.1 Å². The zero-order valence-electron chi connectivity index (χ0n) is 14.2. The van der Waals surface area contributed by atoms with Crippen LogP contribution < -0.4 is 15.4 Å². The van der Waals surface area contributed by atoms with Crippen molar-refractivity contribution >= 4 is 16.1 Å². The summed E-state index contributed by atoms with van der Waals surface area (Å²) in [5.41, 5.74) is 0.997. The zero-order chi connectivity index (χ0) is 17.6. The number of carbonyl (C=O) groups is 1. The third kappa shape index (κ3) is 5.76. The van der Waals surface area contributed by atoms with Crippen LogP contribution >= 0.6 is 0 Å². The smallest absolute Gasteiger partial charge is 0.315 e. The van der Waals surface area contributed by atoms with Crippen LogP contribution in [-0.2, 0) is 10.0 Å². The van der Waals surface area contributed by atoms with E-state index in [1.807, 2.05) is 19.1 Å². The molecule has 0 aliphatic heterocycles. The maximum absolute atomic E-state index is 12.3. The van der Waals surface area contributed by atoms with E-state index in [4.69, 9.17) is 0 Å². The molecule has 0 aromatic carbocycles. The Morgan fingerprint density at radius 2 is 1.88 bits per heavy atom. The molecular formula is C16H26N4O3S. The Balaban J connectivity index is 1.96. The van der Waals surface area contributed by atoms with E-state index < -0.39 is 10.0 Å². The molecule has 1 aromatic heterocycles. The van der Waals surface area contributed by atoms with Gasteiger partial charge < -0.3 is 10.6 Å². The maximum Gasteiger partial charge on any atom is 0.315 e. The predicted molar refractivity (Wildman–Crippen MR) is 93.0 cm³/mol. The molecule has 1 aromatic rings. The fourth-order valence-electron chi connectivity index (χ4n) is 3.10. The van der Waals surface area contributed by atoms with Crippen LogP contribution in [0.15, 0.2) is 24.5 Å². The molecular weight excluding hydrogens is 328 g/mol. The summed E-state index contributed by atoms with van der Waals surface area (Å²) in [7, 11) is -3.29. The molecule has 2 rings (SSSR count). The highest BCUT2D eigenvalue weighted by Crippen LogP contribution is 2.20. The summed E-state index contributed by atoms with van der Waals surface area (Å²) < 4.78 is 25.6. The van der Waals surface area contributed by atoms with Gasteiger partial charge in [-0.1, -0.05) is 19.8 Å². The first-order chi connectivity index (χ1) is 11.4. The topological polar surface area (TPSA) is 100 Å². The van der Waals surface area contributed by atoms with E-state index in [0.717, 1.165) is 43.9 Å². The summed E-state index contributed by atoms with van der Waals surface area (Å²) in [4.78, 5) is 16.3. The second-order valence-electron chi connectivity index (χ2n) is 6.25. The lowest BCUT2D eigenvalue weighted by atomic mass is 9.91. The standard InChI is InChI=1S/C16H26N4O3S/c1-3-13(12-8-10-17-11-9-12)18-16(21)19-14-6-4-5-7-15(14)20-24(2,22)23/h8-11,13-15,20H,3-7H2,1-2H3,(H2,18,19,21)/t13-,14-,15+/m0/s1. The Kier molecular flexibility index (Phi) is 6.56. The predicted octanol–water partition coefficient (Wildman–Crippen LogP) is 1.69. The number of nitrogens with zero attached hydrogens (tertiary/aromatic N) is 1. The van der Waals surface area contributed by atoms with Gasteiger partial charge in [0.2, 0.25) is 10.0 Å². The van der Waals surface area contributed by atoms with Crippen LogP contribution in [0.25, 0.3) is 0 Å². The Bertz CT molecular complexity index is 636. The lowest BCUT2D eigenvalue weighted by Gasteiger charge is -2.32. The largest absolute Gasteiger partial charge is 0.334 e. The zero-order valence-corrected chi connectivity index (χ0v) is 15.0. The highest BCUT2D eigenvalue weighted by molar-refractivity contribution is 7.88. The van der Waals surface area contributed by atoms with Gasteiger partial charge in [0.05, 0.1) is 12.3 Å². The summed E-state index contributed by atoms with van der Waals surface area (Å²) in [5.74, 6) is 0. The van der Waals surface area contributed by atoms with E-state index in [9.17, 15) is 13.2 Å². The van der Waals surface area contributed by atoms with Crippen molar-refractivity contribution in [2.24, 2.45) is 0 Å². The van der Waals surface area contributed by atoms with Gasteiger partial charge in [0.1, 0.15) is 0 Å². The SMILES string of the molecule is CC[C@H](NC(=O)N[C@H]1CCCC[C@H]1NS(C)(=O)=O)c1ccncc1. The second-order valence-corrected chi connectivity index (χ2v) is 8.03. The lowest BCUT2D eigenvalue weighted by Crippen LogP contribution is -2.55. The lowest BCUT2D eigenvalue weighted by molar-refractivity contribution is 0.223. The van der Waals surface area contributed by atoms with Gasteiger partial charge in [-0.25, -0.2) is 17.9 Å². The van der Waals surface area contributed by atoms with Crippen molar-refractivity contribution in [1.82, 2.24) is 20.3 Å². The van der Waals surface area contributed by atoms with Crippen molar-refractivity contribution in [3.8, 4) is 0 Å². The van der Waals surface area contributed by atoms with E-state index in [1.54, 1.807) is 12.4 Å². The molecule has 134 valence electrons. The van der Waals surface area contributed by atoms with Crippen LogP contribution in [0.5, 0.6) is 0 Å². The first-order valence-corrected chi connectivity index (χ1v) is 10.2. The van der Waals surface area contributed by atoms with Crippen LogP contribution in [0.2, 0.25) is 0 Å². The molecule has 2 amide bonds. The van der Waals surface area contributed by atoms with Gasteiger partial charge in [0.15, 0.2) is 0 Å². The van der Waals surface area contributed by atoms with Crippen LogP contribution in [0.3, 0.4) is 0 Å². The minimum absolute atomic E-state index is 0.0992. The van der Waals surface area contributed by atoms with Gasteiger partial charge in [-0.3, -0.25) is 4.98 Å². The van der Waals surface area contributed by atoms with Gasteiger partial charge in [0, 0.05) is 24.5 Å². The molecule has 1 heterocycles. The number of rotatable bonds is 6. The number of amides is 2. The fraction of sp³-hybridized carbons (Fsp3) is 0.625. The third-order valence-electron chi connectivity index (χ3n) is 4.27. The van der Waals surface area contributed by atoms with Gasteiger partial charge >= 0.3 is 6.03 Å². The number of hydrogen-bond acceptors (Lipinski definition) is 4. The van der Waals surface area contributed by atoms with Gasteiger partial charge in [-0.05, 0) is 37.0 Å². The number of urea groups is 1. The van der Waals surface area contributed by atoms with E-state index in [2.05, 4.69) is 20.3 Å². The molecule has 0 radical (unpaired) electrons. The molecule has 3 N–H and O–H groups in total. The molecule has 3 atom stereocenters. The average molecular weight is 354 g/mol. The Morgan fingerprint density at radius 3 is 2.46 bits per heavy atom. The Hall–Kier alpha value is -1.67. The van der Waals surface area contributed by atoms with Crippen LogP contribution in [0.1, 0.15) is 50.6 Å². The molecule has 1 aliphatic carbocycles. The summed E-state index contributed by atoms with van der Waals surface area (Å²) in [6.45, 7) is 2.00. The minimum Gasteiger partial charge on any atom is -0.334 e. The van der Waals surface area contributed by atoms with E-state index in [-0.39, 0.29) is 24.2 Å². The molecule has 1 fully saturated rings. The van der Waals surface area contributed by atoms with E-state index >= 15 is 0 Å². The summed E-state index contributed by atoms with van der Waals surface area (Å²) in [5, 5.41) is 5.89. The average Bonchev–Trinajstić information content (AvgIpc) is 2.54. The molecule has 7 nitrogen and oxygen atoms in total. The fourth-order valence-corrected chi connectivity index (χ4v) is 3.94. The number of hydrogen-bond donors (Lipinski definition) is 3. The number of nitrogens with one attached hydrogen (secondary N) is 3. The van der Waals surface area contributed by atoms with Crippen molar-refractivity contribution in [2.75, 3.05) is 6.26 Å². The number of pyridine rings is 1. The monoisotopic (exact) mass is 354 g/mol. The Labute approximate surface area is 143 Å². The molecule has 8 heteroatoms. The van der Waals surface area contributed by atoms with Crippen LogP contribution in [-0.4, -0.2) is 37.8 Å². The third-order valence-corrected chi connectivity index (χ3v) is 5.00. The first kappa shape index (κ1) is 18.7. The number of carbonyl (C=O) groups excluding carboxylic acids is 1. The summed E-state index contributed by atoms with van der Waals surface area (Å²) in [6, 6.07) is 2.94. The van der Waals surface area contributed by atoms with Crippen molar-refractivity contribution in [3.63, 3.8) is 0 Å². The summed E-state index contributed by atoms with van der Waals surface area (Å²) >= 11 is 0. The highest BCUT2D eigenvalue weighted by Gasteiger charge is 2.29. The van der Waals surface area contributed by atoms with Gasteiger partial charge in [0.25, 0.3) is 0 Å². The maximum atomic E-state index is 12.3. The second kappa shape index (κ2) is 8.43.